The molecule has 1 aromatic carbocycles. The van der Waals surface area contributed by atoms with Gasteiger partial charge in [0.05, 0.1) is 0 Å². The van der Waals surface area contributed by atoms with Gasteiger partial charge >= 0.3 is 0 Å². The molecule has 0 aromatic heterocycles. The fourth-order valence-electron chi connectivity index (χ4n) is 2.89. The van der Waals surface area contributed by atoms with E-state index in [1.54, 1.807) is 6.07 Å². The smallest absolute Gasteiger partial charge is 0.221 e. The number of hydrogen-bond donors (Lipinski definition) is 1. The molecule has 1 aliphatic heterocycles. The SMILES string of the molecule is CC(C)CC1NC(=O)CC1(C)c1ccc(F)cc1Cl. The van der Waals surface area contributed by atoms with E-state index in [4.69, 9.17) is 11.6 Å². The van der Waals surface area contributed by atoms with Gasteiger partial charge in [0.25, 0.3) is 0 Å². The van der Waals surface area contributed by atoms with Gasteiger partial charge in [-0.05, 0) is 30.0 Å². The number of carbonyl (C=O) groups excluding carboxylic acids is 1. The number of hydrogen-bond acceptors (Lipinski definition) is 1. The molecule has 1 saturated heterocycles. The molecule has 1 aliphatic rings. The van der Waals surface area contributed by atoms with Crippen LogP contribution in [0, 0.1) is 11.7 Å². The summed E-state index contributed by atoms with van der Waals surface area (Å²) in [5, 5.41) is 3.42. The van der Waals surface area contributed by atoms with E-state index in [9.17, 15) is 9.18 Å². The fourth-order valence-corrected chi connectivity index (χ4v) is 3.27. The molecule has 0 bridgehead atoms. The predicted octanol–water partition coefficient (Wildman–Crippen LogP) is 3.67. The van der Waals surface area contributed by atoms with Crippen LogP contribution < -0.4 is 5.32 Å². The van der Waals surface area contributed by atoms with Crippen molar-refractivity contribution in [2.45, 2.75) is 45.1 Å². The Kier molecular flexibility index (Phi) is 3.86. The zero-order valence-electron chi connectivity index (χ0n) is 11.5. The maximum atomic E-state index is 13.2. The first kappa shape index (κ1) is 14.3. The largest absolute Gasteiger partial charge is 0.352 e. The number of carbonyl (C=O) groups is 1. The molecule has 2 rings (SSSR count). The third-order valence-electron chi connectivity index (χ3n) is 3.89. The van der Waals surface area contributed by atoms with Crippen LogP contribution in [0.2, 0.25) is 5.02 Å². The van der Waals surface area contributed by atoms with Crippen molar-refractivity contribution in [1.29, 1.82) is 0 Å². The van der Waals surface area contributed by atoms with Crippen molar-refractivity contribution in [2.75, 3.05) is 0 Å². The molecule has 0 saturated carbocycles. The molecule has 2 atom stereocenters. The molecule has 4 heteroatoms. The Morgan fingerprint density at radius 2 is 2.21 bits per heavy atom. The number of rotatable bonds is 3. The summed E-state index contributed by atoms with van der Waals surface area (Å²) < 4.78 is 13.2. The average molecular weight is 284 g/mol. The number of amides is 1. The molecule has 2 unspecified atom stereocenters. The molecule has 0 radical (unpaired) electrons. The van der Waals surface area contributed by atoms with Crippen LogP contribution in [-0.2, 0) is 10.2 Å². The van der Waals surface area contributed by atoms with Crippen LogP contribution in [0.15, 0.2) is 18.2 Å². The second-order valence-corrected chi connectivity index (χ2v) is 6.38. The summed E-state index contributed by atoms with van der Waals surface area (Å²) >= 11 is 6.17. The number of nitrogens with one attached hydrogen (secondary N) is 1. The van der Waals surface area contributed by atoms with Crippen LogP contribution in [-0.4, -0.2) is 11.9 Å². The van der Waals surface area contributed by atoms with Crippen molar-refractivity contribution in [2.24, 2.45) is 5.92 Å². The zero-order valence-corrected chi connectivity index (χ0v) is 12.2. The van der Waals surface area contributed by atoms with Crippen LogP contribution in [0.3, 0.4) is 0 Å². The van der Waals surface area contributed by atoms with Gasteiger partial charge in [-0.2, -0.15) is 0 Å². The monoisotopic (exact) mass is 283 g/mol. The highest BCUT2D eigenvalue weighted by molar-refractivity contribution is 6.31. The normalized spacial score (nSPS) is 26.8. The lowest BCUT2D eigenvalue weighted by molar-refractivity contribution is -0.119. The van der Waals surface area contributed by atoms with Gasteiger partial charge in [-0.25, -0.2) is 4.39 Å². The first-order chi connectivity index (χ1) is 8.83. The van der Waals surface area contributed by atoms with Crippen molar-refractivity contribution < 1.29 is 9.18 Å². The third kappa shape index (κ3) is 2.76. The van der Waals surface area contributed by atoms with Gasteiger partial charge in [-0.1, -0.05) is 38.4 Å². The molecular formula is C15H19ClFNO. The summed E-state index contributed by atoms with van der Waals surface area (Å²) in [5.41, 5.74) is 0.478. The molecule has 1 heterocycles. The van der Waals surface area contributed by atoms with Gasteiger partial charge in [0.1, 0.15) is 5.82 Å². The van der Waals surface area contributed by atoms with Crippen molar-refractivity contribution in [3.8, 4) is 0 Å². The maximum absolute atomic E-state index is 13.2. The van der Waals surface area contributed by atoms with E-state index in [1.807, 2.05) is 6.92 Å². The maximum Gasteiger partial charge on any atom is 0.221 e. The predicted molar refractivity (Wildman–Crippen MR) is 74.8 cm³/mol. The topological polar surface area (TPSA) is 29.1 Å². The molecule has 1 fully saturated rings. The minimum Gasteiger partial charge on any atom is -0.352 e. The average Bonchev–Trinajstić information content (AvgIpc) is 2.53. The highest BCUT2D eigenvalue weighted by atomic mass is 35.5. The molecule has 0 aliphatic carbocycles. The molecule has 1 aromatic rings. The Bertz CT molecular complexity index is 503. The fraction of sp³-hybridized carbons (Fsp3) is 0.533. The summed E-state index contributed by atoms with van der Waals surface area (Å²) in [6.07, 6.45) is 1.28. The van der Waals surface area contributed by atoms with Gasteiger partial charge in [0.15, 0.2) is 0 Å². The minimum absolute atomic E-state index is 0.0357. The zero-order chi connectivity index (χ0) is 14.2. The highest BCUT2D eigenvalue weighted by Crippen LogP contribution is 2.41. The van der Waals surface area contributed by atoms with Crippen LogP contribution in [0.25, 0.3) is 0 Å². The van der Waals surface area contributed by atoms with Gasteiger partial charge in [-0.3, -0.25) is 4.79 Å². The summed E-state index contributed by atoms with van der Waals surface area (Å²) in [6, 6.07) is 4.47. The minimum atomic E-state index is -0.369. The lowest BCUT2D eigenvalue weighted by Gasteiger charge is -2.32. The molecule has 2 nitrogen and oxygen atoms in total. The van der Waals surface area contributed by atoms with Crippen LogP contribution in [0.5, 0.6) is 0 Å². The van der Waals surface area contributed by atoms with Crippen molar-refractivity contribution in [3.05, 3.63) is 34.6 Å². The molecule has 1 N–H and O–H groups in total. The Morgan fingerprint density at radius 3 is 2.79 bits per heavy atom. The Balaban J connectivity index is 2.40. The van der Waals surface area contributed by atoms with Crippen LogP contribution in [0.4, 0.5) is 4.39 Å². The lowest BCUT2D eigenvalue weighted by atomic mass is 9.73. The van der Waals surface area contributed by atoms with E-state index in [0.717, 1.165) is 12.0 Å². The molecule has 19 heavy (non-hydrogen) atoms. The first-order valence-corrected chi connectivity index (χ1v) is 6.95. The summed E-state index contributed by atoms with van der Waals surface area (Å²) in [5.74, 6) is 0.158. The van der Waals surface area contributed by atoms with Crippen LogP contribution in [0.1, 0.15) is 39.2 Å². The number of halogens is 2. The van der Waals surface area contributed by atoms with Crippen LogP contribution >= 0.6 is 11.6 Å². The van der Waals surface area contributed by atoms with Crippen molar-refractivity contribution >= 4 is 17.5 Å². The lowest BCUT2D eigenvalue weighted by Crippen LogP contribution is -2.39. The second-order valence-electron chi connectivity index (χ2n) is 5.97. The van der Waals surface area contributed by atoms with Gasteiger partial charge in [0.2, 0.25) is 5.91 Å². The van der Waals surface area contributed by atoms with E-state index < -0.39 is 0 Å². The van der Waals surface area contributed by atoms with Gasteiger partial charge in [0, 0.05) is 22.9 Å². The van der Waals surface area contributed by atoms with E-state index in [-0.39, 0.29) is 23.2 Å². The van der Waals surface area contributed by atoms with E-state index >= 15 is 0 Å². The van der Waals surface area contributed by atoms with E-state index in [2.05, 4.69) is 19.2 Å². The molecule has 104 valence electrons. The summed E-state index contributed by atoms with van der Waals surface area (Å²) in [6.45, 7) is 6.27. The Labute approximate surface area is 118 Å². The molecule has 1 amide bonds. The van der Waals surface area contributed by atoms with Crippen molar-refractivity contribution in [1.82, 2.24) is 5.32 Å². The summed E-state index contributed by atoms with van der Waals surface area (Å²) in [7, 11) is 0. The Hall–Kier alpha value is -1.09. The number of benzene rings is 1. The Morgan fingerprint density at radius 1 is 1.53 bits per heavy atom. The highest BCUT2D eigenvalue weighted by Gasteiger charge is 2.45. The van der Waals surface area contributed by atoms with E-state index in [1.165, 1.54) is 12.1 Å². The molecule has 0 spiro atoms. The molecular weight excluding hydrogens is 265 g/mol. The third-order valence-corrected chi connectivity index (χ3v) is 4.20. The van der Waals surface area contributed by atoms with Gasteiger partial charge < -0.3 is 5.32 Å². The first-order valence-electron chi connectivity index (χ1n) is 6.58. The standard InChI is InChI=1S/C15H19ClFNO/c1-9(2)6-13-15(3,8-14(19)18-13)11-5-4-10(17)7-12(11)16/h4-5,7,9,13H,6,8H2,1-3H3,(H,18,19). The quantitative estimate of drug-likeness (QED) is 0.901. The van der Waals surface area contributed by atoms with Gasteiger partial charge in [-0.15, -0.1) is 0 Å². The second kappa shape index (κ2) is 5.12. The van der Waals surface area contributed by atoms with E-state index in [0.29, 0.717) is 17.4 Å². The summed E-state index contributed by atoms with van der Waals surface area (Å²) in [4.78, 5) is 11.8. The van der Waals surface area contributed by atoms with Crippen molar-refractivity contribution in [3.63, 3.8) is 0 Å².